The SMILES string of the molecule is Cc1ncsc1C(=O)N1CCC2(CCCCCCOc3ccccc3C(=O)NC2)CC1. The number of carbonyl (C=O) groups is 2. The molecule has 1 saturated heterocycles. The first-order valence-electron chi connectivity index (χ1n) is 11.3. The summed E-state index contributed by atoms with van der Waals surface area (Å²) in [5.74, 6) is 0.677. The fourth-order valence-electron chi connectivity index (χ4n) is 4.63. The van der Waals surface area contributed by atoms with Crippen LogP contribution in [0.2, 0.25) is 0 Å². The number of thiazole rings is 1. The first-order chi connectivity index (χ1) is 15.1. The van der Waals surface area contributed by atoms with E-state index in [0.717, 1.165) is 62.2 Å². The molecular weight excluding hydrogens is 410 g/mol. The van der Waals surface area contributed by atoms with Crippen LogP contribution < -0.4 is 10.1 Å². The zero-order chi connectivity index (χ0) is 21.7. The number of para-hydroxylation sites is 1. The smallest absolute Gasteiger partial charge is 0.265 e. The number of ether oxygens (including phenoxy) is 1. The average molecular weight is 442 g/mol. The standard InChI is InChI=1S/C24H31N3O3S/c1-18-21(31-17-26-18)23(29)27-13-11-24(12-14-27)10-6-2-3-7-15-30-20-9-5-4-8-19(20)22(28)25-16-24/h4-5,8-9,17H,2-3,6-7,10-16H2,1H3,(H,25,28). The molecule has 1 aromatic heterocycles. The molecule has 2 aliphatic rings. The number of benzene rings is 1. The summed E-state index contributed by atoms with van der Waals surface area (Å²) in [6.07, 6.45) is 7.35. The Labute approximate surface area is 188 Å². The molecule has 3 heterocycles. The number of likely N-dealkylation sites (tertiary alicyclic amines) is 1. The van der Waals surface area contributed by atoms with Crippen molar-refractivity contribution in [3.8, 4) is 5.75 Å². The molecule has 2 amide bonds. The topological polar surface area (TPSA) is 71.5 Å². The molecule has 6 nitrogen and oxygen atoms in total. The van der Waals surface area contributed by atoms with Gasteiger partial charge in [-0.2, -0.15) is 0 Å². The lowest BCUT2D eigenvalue weighted by atomic mass is 9.74. The lowest BCUT2D eigenvalue weighted by Crippen LogP contribution is -2.48. The molecule has 0 radical (unpaired) electrons. The zero-order valence-corrected chi connectivity index (χ0v) is 19.0. The van der Waals surface area contributed by atoms with E-state index in [2.05, 4.69) is 10.3 Å². The van der Waals surface area contributed by atoms with Gasteiger partial charge in [-0.05, 0) is 50.2 Å². The maximum absolute atomic E-state index is 12.9. The van der Waals surface area contributed by atoms with Crippen LogP contribution in [-0.2, 0) is 0 Å². The van der Waals surface area contributed by atoms with Crippen molar-refractivity contribution in [3.63, 3.8) is 0 Å². The lowest BCUT2D eigenvalue weighted by Gasteiger charge is -2.42. The van der Waals surface area contributed by atoms with E-state index >= 15 is 0 Å². The average Bonchev–Trinajstić information content (AvgIpc) is 3.23. The number of fused-ring (bicyclic) bond motifs is 1. The third kappa shape index (κ3) is 5.09. The fourth-order valence-corrected chi connectivity index (χ4v) is 5.40. The minimum Gasteiger partial charge on any atom is -0.493 e. The van der Waals surface area contributed by atoms with Crippen LogP contribution in [0.5, 0.6) is 5.75 Å². The van der Waals surface area contributed by atoms with Crippen LogP contribution in [0.1, 0.15) is 70.7 Å². The number of hydrogen-bond donors (Lipinski definition) is 1. The predicted molar refractivity (Wildman–Crippen MR) is 122 cm³/mol. The number of carbonyl (C=O) groups excluding carboxylic acids is 2. The maximum Gasteiger partial charge on any atom is 0.265 e. The second-order valence-electron chi connectivity index (χ2n) is 8.75. The minimum absolute atomic E-state index is 0.0407. The second kappa shape index (κ2) is 9.81. The van der Waals surface area contributed by atoms with Gasteiger partial charge in [-0.1, -0.05) is 31.4 Å². The Morgan fingerprint density at radius 3 is 2.68 bits per heavy atom. The summed E-state index contributed by atoms with van der Waals surface area (Å²) in [7, 11) is 0. The normalized spacial score (nSPS) is 19.9. The number of piperidine rings is 1. The van der Waals surface area contributed by atoms with E-state index in [-0.39, 0.29) is 17.2 Å². The Bertz CT molecular complexity index is 918. The molecule has 1 aromatic carbocycles. The van der Waals surface area contributed by atoms with E-state index in [1.165, 1.54) is 17.8 Å². The Morgan fingerprint density at radius 2 is 1.90 bits per heavy atom. The number of rotatable bonds is 1. The van der Waals surface area contributed by atoms with Crippen LogP contribution in [-0.4, -0.2) is 47.9 Å². The van der Waals surface area contributed by atoms with E-state index in [1.807, 2.05) is 36.1 Å². The molecule has 1 spiro atoms. The molecule has 0 unspecified atom stereocenters. The highest BCUT2D eigenvalue weighted by Crippen LogP contribution is 2.37. The van der Waals surface area contributed by atoms with Gasteiger partial charge < -0.3 is 15.0 Å². The van der Waals surface area contributed by atoms with Gasteiger partial charge >= 0.3 is 0 Å². The van der Waals surface area contributed by atoms with Gasteiger partial charge in [0.25, 0.3) is 11.8 Å². The van der Waals surface area contributed by atoms with Crippen molar-refractivity contribution in [2.45, 2.75) is 51.9 Å². The molecule has 1 N–H and O–H groups in total. The second-order valence-corrected chi connectivity index (χ2v) is 9.61. The number of nitrogens with zero attached hydrogens (tertiary/aromatic N) is 2. The van der Waals surface area contributed by atoms with Crippen LogP contribution in [0, 0.1) is 12.3 Å². The highest BCUT2D eigenvalue weighted by Gasteiger charge is 2.36. The summed E-state index contributed by atoms with van der Waals surface area (Å²) in [4.78, 5) is 32.8. The van der Waals surface area contributed by atoms with Crippen LogP contribution in [0.15, 0.2) is 29.8 Å². The first-order valence-corrected chi connectivity index (χ1v) is 12.2. The van der Waals surface area contributed by atoms with Gasteiger partial charge in [0.2, 0.25) is 0 Å². The van der Waals surface area contributed by atoms with Gasteiger partial charge in [0.1, 0.15) is 10.6 Å². The van der Waals surface area contributed by atoms with Gasteiger partial charge in [0, 0.05) is 19.6 Å². The van der Waals surface area contributed by atoms with Crippen molar-refractivity contribution in [3.05, 3.63) is 45.9 Å². The highest BCUT2D eigenvalue weighted by molar-refractivity contribution is 7.11. The van der Waals surface area contributed by atoms with Crippen molar-refractivity contribution in [1.29, 1.82) is 0 Å². The van der Waals surface area contributed by atoms with Gasteiger partial charge in [0.15, 0.2) is 0 Å². The van der Waals surface area contributed by atoms with Crippen LogP contribution in [0.4, 0.5) is 0 Å². The summed E-state index contributed by atoms with van der Waals surface area (Å²) in [5.41, 5.74) is 3.19. The molecule has 0 aliphatic carbocycles. The van der Waals surface area contributed by atoms with Crippen LogP contribution >= 0.6 is 11.3 Å². The van der Waals surface area contributed by atoms with Gasteiger partial charge in [0.05, 0.1) is 23.4 Å². The van der Waals surface area contributed by atoms with E-state index in [4.69, 9.17) is 4.74 Å². The molecule has 0 atom stereocenters. The molecule has 166 valence electrons. The van der Waals surface area contributed by atoms with Crippen molar-refractivity contribution in [2.75, 3.05) is 26.2 Å². The molecule has 4 rings (SSSR count). The molecule has 2 aliphatic heterocycles. The van der Waals surface area contributed by atoms with E-state index in [1.54, 1.807) is 5.51 Å². The highest BCUT2D eigenvalue weighted by atomic mass is 32.1. The number of amides is 2. The number of aromatic nitrogens is 1. The number of nitrogens with one attached hydrogen (secondary N) is 1. The molecule has 1 fully saturated rings. The van der Waals surface area contributed by atoms with Gasteiger partial charge in [-0.15, -0.1) is 11.3 Å². The summed E-state index contributed by atoms with van der Waals surface area (Å²) in [6, 6.07) is 7.48. The molecule has 7 heteroatoms. The van der Waals surface area contributed by atoms with Crippen molar-refractivity contribution >= 4 is 23.2 Å². The third-order valence-corrected chi connectivity index (χ3v) is 7.58. The number of aryl methyl sites for hydroxylation is 1. The van der Waals surface area contributed by atoms with Crippen molar-refractivity contribution in [1.82, 2.24) is 15.2 Å². The summed E-state index contributed by atoms with van der Waals surface area (Å²) in [6.45, 7) is 4.63. The summed E-state index contributed by atoms with van der Waals surface area (Å²) >= 11 is 1.42. The first kappa shape index (κ1) is 21.8. The maximum atomic E-state index is 12.9. The minimum atomic E-state index is -0.0759. The lowest BCUT2D eigenvalue weighted by molar-refractivity contribution is 0.0539. The Balaban J connectivity index is 1.45. The molecule has 31 heavy (non-hydrogen) atoms. The zero-order valence-electron chi connectivity index (χ0n) is 18.2. The monoisotopic (exact) mass is 441 g/mol. The Hall–Kier alpha value is -2.41. The molecule has 0 bridgehead atoms. The number of hydrogen-bond acceptors (Lipinski definition) is 5. The quantitative estimate of drug-likeness (QED) is 0.710. The molecule has 2 aromatic rings. The third-order valence-electron chi connectivity index (χ3n) is 6.67. The predicted octanol–water partition coefficient (Wildman–Crippen LogP) is 4.45. The van der Waals surface area contributed by atoms with Crippen LogP contribution in [0.25, 0.3) is 0 Å². The van der Waals surface area contributed by atoms with Gasteiger partial charge in [-0.25, -0.2) is 4.98 Å². The van der Waals surface area contributed by atoms with Gasteiger partial charge in [-0.3, -0.25) is 9.59 Å². The Morgan fingerprint density at radius 1 is 1.13 bits per heavy atom. The van der Waals surface area contributed by atoms with Crippen molar-refractivity contribution in [2.24, 2.45) is 5.41 Å². The molecule has 0 saturated carbocycles. The summed E-state index contributed by atoms with van der Waals surface area (Å²) < 4.78 is 5.88. The molecular formula is C24H31N3O3S. The fraction of sp³-hybridized carbons (Fsp3) is 0.542. The van der Waals surface area contributed by atoms with E-state index < -0.39 is 0 Å². The van der Waals surface area contributed by atoms with Crippen LogP contribution in [0.3, 0.4) is 0 Å². The van der Waals surface area contributed by atoms with Crippen molar-refractivity contribution < 1.29 is 14.3 Å². The van der Waals surface area contributed by atoms with E-state index in [9.17, 15) is 9.59 Å². The van der Waals surface area contributed by atoms with E-state index in [0.29, 0.717) is 24.5 Å². The largest absolute Gasteiger partial charge is 0.493 e. The summed E-state index contributed by atoms with van der Waals surface area (Å²) in [5, 5.41) is 3.19. The Kier molecular flexibility index (Phi) is 6.90.